The number of aromatic amines is 2. The van der Waals surface area contributed by atoms with Gasteiger partial charge in [-0.1, -0.05) is 18.2 Å². The lowest BCUT2D eigenvalue weighted by Gasteiger charge is -2.05. The van der Waals surface area contributed by atoms with Crippen LogP contribution in [-0.2, 0) is 0 Å². The largest absolute Gasteiger partial charge is 1.00 e. The maximum atomic E-state index is 11.7. The molecule has 20 heavy (non-hydrogen) atoms. The van der Waals surface area contributed by atoms with E-state index in [0.29, 0.717) is 28.3 Å². The van der Waals surface area contributed by atoms with E-state index in [0.717, 1.165) is 5.39 Å². The van der Waals surface area contributed by atoms with Crippen LogP contribution in [-0.4, -0.2) is 10.2 Å². The highest BCUT2D eigenvalue weighted by atomic mass is 35.5. The molecule has 3 rings (SSSR count). The number of aromatic nitrogens is 3. The third-order valence-corrected chi connectivity index (χ3v) is 2.95. The maximum Gasteiger partial charge on any atom is 0.272 e. The average Bonchev–Trinajstić information content (AvgIpc) is 2.41. The average molecular weight is 290 g/mol. The van der Waals surface area contributed by atoms with E-state index in [9.17, 15) is 4.79 Å². The molecular formula is C13H12ClN5O. The van der Waals surface area contributed by atoms with Crippen LogP contribution < -0.4 is 34.4 Å². The summed E-state index contributed by atoms with van der Waals surface area (Å²) in [7, 11) is 0. The molecule has 0 aliphatic heterocycles. The zero-order valence-corrected chi connectivity index (χ0v) is 11.1. The van der Waals surface area contributed by atoms with Gasteiger partial charge in [-0.3, -0.25) is 4.79 Å². The van der Waals surface area contributed by atoms with Gasteiger partial charge in [0.15, 0.2) is 0 Å². The Labute approximate surface area is 120 Å². The van der Waals surface area contributed by atoms with Crippen molar-refractivity contribution in [2.45, 2.75) is 0 Å². The highest BCUT2D eigenvalue weighted by molar-refractivity contribution is 5.95. The van der Waals surface area contributed by atoms with E-state index in [1.165, 1.54) is 0 Å². The first-order valence-electron chi connectivity index (χ1n) is 5.72. The molecule has 0 aliphatic carbocycles. The van der Waals surface area contributed by atoms with Gasteiger partial charge in [0, 0.05) is 11.5 Å². The second-order valence-electron chi connectivity index (χ2n) is 4.19. The minimum Gasteiger partial charge on any atom is -1.00 e. The van der Waals surface area contributed by atoms with Crippen molar-refractivity contribution >= 4 is 22.4 Å². The molecule has 0 aliphatic rings. The molecule has 0 atom stereocenters. The van der Waals surface area contributed by atoms with Crippen LogP contribution in [0.2, 0.25) is 0 Å². The summed E-state index contributed by atoms with van der Waals surface area (Å²) in [6.07, 6.45) is 0. The lowest BCUT2D eigenvalue weighted by atomic mass is 10.1. The summed E-state index contributed by atoms with van der Waals surface area (Å²) in [4.78, 5) is 14.6. The Morgan fingerprint density at radius 2 is 1.75 bits per heavy atom. The quantitative estimate of drug-likeness (QED) is 0.462. The number of hydrogen-bond acceptors (Lipinski definition) is 4. The molecule has 0 spiro atoms. The highest BCUT2D eigenvalue weighted by Crippen LogP contribution is 2.26. The number of nitrogens with one attached hydrogen (secondary N) is 2. The predicted molar refractivity (Wildman–Crippen MR) is 73.2 cm³/mol. The molecule has 1 aromatic carbocycles. The minimum absolute atomic E-state index is 0. The minimum atomic E-state index is -0.225. The van der Waals surface area contributed by atoms with E-state index in [2.05, 4.69) is 15.2 Å². The van der Waals surface area contributed by atoms with Gasteiger partial charge in [0.1, 0.15) is 5.69 Å². The van der Waals surface area contributed by atoms with Crippen LogP contribution in [0, 0.1) is 0 Å². The summed E-state index contributed by atoms with van der Waals surface area (Å²) in [5.41, 5.74) is 12.6. The van der Waals surface area contributed by atoms with Crippen molar-refractivity contribution in [1.29, 1.82) is 0 Å². The molecule has 6 N–H and O–H groups in total. The fraction of sp³-hybridized carbons (Fsp3) is 0. The number of H-pyrrole nitrogens is 2. The zero-order chi connectivity index (χ0) is 13.4. The fourth-order valence-corrected chi connectivity index (χ4v) is 2.05. The predicted octanol–water partition coefficient (Wildman–Crippen LogP) is -2.43. The Kier molecular flexibility index (Phi) is 3.58. The third kappa shape index (κ3) is 2.17. The lowest BCUT2D eigenvalue weighted by Crippen LogP contribution is -3.00. The Morgan fingerprint density at radius 3 is 2.45 bits per heavy atom. The summed E-state index contributed by atoms with van der Waals surface area (Å²) in [6.45, 7) is 0. The number of halogens is 1. The second kappa shape index (κ2) is 5.18. The smallest absolute Gasteiger partial charge is 0.272 e. The number of nitrogens with zero attached hydrogens (tertiary/aromatic N) is 1. The van der Waals surface area contributed by atoms with Crippen molar-refractivity contribution in [2.24, 2.45) is 0 Å². The summed E-state index contributed by atoms with van der Waals surface area (Å²) in [5.74, 6) is 0.875. The van der Waals surface area contributed by atoms with Gasteiger partial charge in [-0.15, -0.1) is 0 Å². The summed E-state index contributed by atoms with van der Waals surface area (Å²) in [6, 6.07) is 10.7. The first-order valence-corrected chi connectivity index (χ1v) is 5.72. The van der Waals surface area contributed by atoms with Gasteiger partial charge in [-0.25, -0.2) is 10.1 Å². The number of anilines is 2. The topological polar surface area (TPSA) is 112 Å². The first kappa shape index (κ1) is 13.8. The molecule has 0 bridgehead atoms. The van der Waals surface area contributed by atoms with Gasteiger partial charge in [-0.2, -0.15) is 5.10 Å². The molecule has 0 saturated carbocycles. The van der Waals surface area contributed by atoms with E-state index >= 15 is 0 Å². The maximum absolute atomic E-state index is 11.7. The van der Waals surface area contributed by atoms with Gasteiger partial charge in [0.25, 0.3) is 5.56 Å². The van der Waals surface area contributed by atoms with Gasteiger partial charge in [0.05, 0.1) is 10.9 Å². The van der Waals surface area contributed by atoms with Crippen molar-refractivity contribution in [3.8, 4) is 11.3 Å². The van der Waals surface area contributed by atoms with E-state index in [1.54, 1.807) is 24.3 Å². The third-order valence-electron chi connectivity index (χ3n) is 2.95. The van der Waals surface area contributed by atoms with Crippen molar-refractivity contribution in [1.82, 2.24) is 10.2 Å². The molecule has 3 aromatic rings. The van der Waals surface area contributed by atoms with Gasteiger partial charge < -0.3 is 23.9 Å². The van der Waals surface area contributed by atoms with Crippen molar-refractivity contribution in [3.63, 3.8) is 0 Å². The van der Waals surface area contributed by atoms with E-state index < -0.39 is 0 Å². The van der Waals surface area contributed by atoms with Crippen molar-refractivity contribution in [3.05, 3.63) is 46.8 Å². The number of rotatable bonds is 1. The number of hydrogen-bond donors (Lipinski definition) is 3. The van der Waals surface area contributed by atoms with Crippen LogP contribution in [0.15, 0.2) is 41.2 Å². The number of benzene rings is 1. The first-order chi connectivity index (χ1) is 9.16. The molecule has 7 heteroatoms. The van der Waals surface area contributed by atoms with E-state index in [1.807, 2.05) is 12.1 Å². The number of nitrogens with two attached hydrogens (primary N) is 2. The summed E-state index contributed by atoms with van der Waals surface area (Å²) in [5, 5.41) is 7.89. The summed E-state index contributed by atoms with van der Waals surface area (Å²) < 4.78 is 0. The van der Waals surface area contributed by atoms with Crippen LogP contribution in [0.5, 0.6) is 0 Å². The molecule has 0 fully saturated rings. The Morgan fingerprint density at radius 1 is 1.05 bits per heavy atom. The standard InChI is InChI=1S/C13H11N5O.ClH/c14-10-6-5-9(12(15)16-10)11-7-3-1-2-4-8(7)13(19)18-17-11;/h1-6H,(H,18,19)(H4,14,15,16);1H. The number of nitrogen functional groups attached to an aromatic ring is 2. The van der Waals surface area contributed by atoms with Crippen molar-refractivity contribution in [2.75, 3.05) is 11.5 Å². The van der Waals surface area contributed by atoms with Crippen LogP contribution in [0.25, 0.3) is 22.0 Å². The summed E-state index contributed by atoms with van der Waals surface area (Å²) >= 11 is 0. The molecule has 0 saturated heterocycles. The second-order valence-corrected chi connectivity index (χ2v) is 4.19. The van der Waals surface area contributed by atoms with Crippen LogP contribution in [0.3, 0.4) is 0 Å². The normalized spacial score (nSPS) is 10.2. The molecule has 2 aromatic heterocycles. The van der Waals surface area contributed by atoms with Crippen molar-refractivity contribution < 1.29 is 17.4 Å². The molecule has 102 valence electrons. The fourth-order valence-electron chi connectivity index (χ4n) is 2.05. The van der Waals surface area contributed by atoms with Crippen LogP contribution >= 0.6 is 0 Å². The SMILES string of the molecule is Nc1ccc(-c2n[nH]c(=O)c3ccccc23)c(N)[nH+]1.[Cl-]. The van der Waals surface area contributed by atoms with Crippen LogP contribution in [0.4, 0.5) is 11.6 Å². The lowest BCUT2D eigenvalue weighted by molar-refractivity contribution is -0.341. The van der Waals surface area contributed by atoms with Crippen LogP contribution in [0.1, 0.15) is 0 Å². The van der Waals surface area contributed by atoms with Gasteiger partial charge in [-0.05, 0) is 12.1 Å². The molecule has 2 heterocycles. The van der Waals surface area contributed by atoms with Gasteiger partial charge >= 0.3 is 0 Å². The van der Waals surface area contributed by atoms with E-state index in [-0.39, 0.29) is 18.0 Å². The Balaban J connectivity index is 0.00000147. The highest BCUT2D eigenvalue weighted by Gasteiger charge is 2.13. The Hall–Kier alpha value is -2.60. The zero-order valence-electron chi connectivity index (χ0n) is 10.4. The number of pyridine rings is 1. The molecule has 0 amide bonds. The monoisotopic (exact) mass is 289 g/mol. The molecule has 0 unspecified atom stereocenters. The number of fused-ring (bicyclic) bond motifs is 1. The molecule has 6 nitrogen and oxygen atoms in total. The molecule has 0 radical (unpaired) electrons. The Bertz CT molecular complexity index is 830. The van der Waals surface area contributed by atoms with Gasteiger partial charge in [0.2, 0.25) is 11.6 Å². The van der Waals surface area contributed by atoms with E-state index in [4.69, 9.17) is 11.5 Å². The molecular weight excluding hydrogens is 278 g/mol.